The highest BCUT2D eigenvalue weighted by Crippen LogP contribution is 1.79. The Kier molecular flexibility index (Phi) is 1.53. The lowest BCUT2D eigenvalue weighted by molar-refractivity contribution is -0.567. The molecule has 0 bridgehead atoms. The van der Waals surface area contributed by atoms with Gasteiger partial charge in [0.25, 0.3) is 6.33 Å². The Bertz CT molecular complexity index is 264. The minimum Gasteiger partial charge on any atom is -0.510 e. The summed E-state index contributed by atoms with van der Waals surface area (Å²) in [5.41, 5.74) is 0. The number of aromatic nitrogens is 2. The lowest BCUT2D eigenvalue weighted by Gasteiger charge is -1.89. The predicted molar refractivity (Wildman–Crippen MR) is 31.8 cm³/mol. The van der Waals surface area contributed by atoms with E-state index in [9.17, 15) is 9.90 Å². The average molecular weight is 138 g/mol. The second-order valence-corrected chi connectivity index (χ2v) is 1.72. The summed E-state index contributed by atoms with van der Waals surface area (Å²) < 4.78 is 2.44. The number of imidazole rings is 1. The van der Waals surface area contributed by atoms with Crippen molar-refractivity contribution in [3.63, 3.8) is 0 Å². The van der Waals surface area contributed by atoms with E-state index in [0.29, 0.717) is 0 Å². The van der Waals surface area contributed by atoms with Gasteiger partial charge in [0.15, 0.2) is 0 Å². The van der Waals surface area contributed by atoms with Crippen LogP contribution in [0.4, 0.5) is 4.79 Å². The van der Waals surface area contributed by atoms with Crippen LogP contribution in [0.25, 0.3) is 6.20 Å². The zero-order chi connectivity index (χ0) is 7.56. The van der Waals surface area contributed by atoms with Gasteiger partial charge in [-0.2, -0.15) is 4.57 Å². The SMILES string of the molecule is C=C[n+]1ccn(C(=O)[O-])c1. The maximum Gasteiger partial charge on any atom is 0.254 e. The second kappa shape index (κ2) is 2.34. The van der Waals surface area contributed by atoms with Gasteiger partial charge in [-0.15, -0.1) is 0 Å². The molecule has 0 spiro atoms. The number of nitrogens with zero attached hydrogens (tertiary/aromatic N) is 2. The molecule has 52 valence electrons. The zero-order valence-electron chi connectivity index (χ0n) is 5.23. The number of hydrogen-bond donors (Lipinski definition) is 0. The van der Waals surface area contributed by atoms with E-state index in [1.54, 1.807) is 6.20 Å². The van der Waals surface area contributed by atoms with Crippen LogP contribution in [0.2, 0.25) is 0 Å². The third-order valence-corrected chi connectivity index (χ3v) is 1.08. The zero-order valence-corrected chi connectivity index (χ0v) is 5.23. The molecule has 0 N–H and O–H groups in total. The molecular formula is C6H6N2O2. The summed E-state index contributed by atoms with van der Waals surface area (Å²) in [5.74, 6) is 0. The van der Waals surface area contributed by atoms with Crippen LogP contribution in [0.1, 0.15) is 0 Å². The van der Waals surface area contributed by atoms with Crippen molar-refractivity contribution >= 4 is 12.3 Å². The quantitative estimate of drug-likeness (QED) is 0.470. The summed E-state index contributed by atoms with van der Waals surface area (Å²) in [6, 6.07) is 0. The van der Waals surface area contributed by atoms with Gasteiger partial charge >= 0.3 is 0 Å². The molecule has 1 aromatic rings. The van der Waals surface area contributed by atoms with Gasteiger partial charge in [0.1, 0.15) is 12.4 Å². The first-order chi connectivity index (χ1) is 4.74. The van der Waals surface area contributed by atoms with Crippen molar-refractivity contribution in [2.24, 2.45) is 0 Å². The molecule has 0 amide bonds. The Morgan fingerprint density at radius 2 is 2.50 bits per heavy atom. The molecule has 0 saturated heterocycles. The fraction of sp³-hybridized carbons (Fsp3) is 0. The molecule has 10 heavy (non-hydrogen) atoms. The number of carbonyl (C=O) groups is 1. The van der Waals surface area contributed by atoms with Gasteiger partial charge in [0.2, 0.25) is 6.09 Å². The van der Waals surface area contributed by atoms with E-state index in [4.69, 9.17) is 0 Å². The van der Waals surface area contributed by atoms with Gasteiger partial charge in [0.05, 0.1) is 6.20 Å². The fourth-order valence-electron chi connectivity index (χ4n) is 0.585. The molecule has 0 radical (unpaired) electrons. The minimum atomic E-state index is -1.25. The standard InChI is InChI=1S/C6H6N2O2/c1-2-7-3-4-8(5-7)6(9)10/h2-5H,1H2. The first kappa shape index (κ1) is 6.54. The van der Waals surface area contributed by atoms with Crippen molar-refractivity contribution < 1.29 is 14.5 Å². The molecule has 0 fully saturated rings. The van der Waals surface area contributed by atoms with Gasteiger partial charge in [-0.25, -0.2) is 4.57 Å². The maximum absolute atomic E-state index is 10.1. The minimum absolute atomic E-state index is 0.932. The van der Waals surface area contributed by atoms with Gasteiger partial charge in [-0.05, 0) is 0 Å². The first-order valence-electron chi connectivity index (χ1n) is 2.66. The van der Waals surface area contributed by atoms with Crippen molar-refractivity contribution in [1.29, 1.82) is 0 Å². The Morgan fingerprint density at radius 1 is 1.80 bits per heavy atom. The predicted octanol–water partition coefficient (Wildman–Crippen LogP) is -0.933. The Morgan fingerprint density at radius 3 is 2.80 bits per heavy atom. The Labute approximate surface area is 57.6 Å². The molecular weight excluding hydrogens is 132 g/mol. The van der Waals surface area contributed by atoms with Gasteiger partial charge in [-0.3, -0.25) is 0 Å². The molecule has 1 heterocycles. The topological polar surface area (TPSA) is 48.9 Å². The van der Waals surface area contributed by atoms with Crippen molar-refractivity contribution in [2.45, 2.75) is 0 Å². The Balaban J connectivity index is 2.98. The van der Waals surface area contributed by atoms with E-state index in [2.05, 4.69) is 6.58 Å². The van der Waals surface area contributed by atoms with Crippen LogP contribution >= 0.6 is 0 Å². The fourth-order valence-corrected chi connectivity index (χ4v) is 0.585. The lowest BCUT2D eigenvalue weighted by atomic mass is 10.8. The molecule has 0 saturated carbocycles. The van der Waals surface area contributed by atoms with Crippen molar-refractivity contribution in [3.05, 3.63) is 25.3 Å². The summed E-state index contributed by atoms with van der Waals surface area (Å²) >= 11 is 0. The van der Waals surface area contributed by atoms with Crippen LogP contribution in [0.15, 0.2) is 25.3 Å². The van der Waals surface area contributed by atoms with Crippen LogP contribution in [-0.2, 0) is 0 Å². The van der Waals surface area contributed by atoms with Gasteiger partial charge < -0.3 is 9.90 Å². The highest BCUT2D eigenvalue weighted by Gasteiger charge is 1.99. The van der Waals surface area contributed by atoms with Crippen molar-refractivity contribution in [2.75, 3.05) is 0 Å². The smallest absolute Gasteiger partial charge is 0.254 e. The molecule has 4 heteroatoms. The monoisotopic (exact) mass is 138 g/mol. The maximum atomic E-state index is 10.1. The largest absolute Gasteiger partial charge is 0.510 e. The van der Waals surface area contributed by atoms with E-state index < -0.39 is 6.09 Å². The molecule has 1 aromatic heterocycles. The third-order valence-electron chi connectivity index (χ3n) is 1.08. The van der Waals surface area contributed by atoms with E-state index in [0.717, 1.165) is 4.57 Å². The van der Waals surface area contributed by atoms with E-state index in [1.807, 2.05) is 0 Å². The molecule has 0 aliphatic heterocycles. The van der Waals surface area contributed by atoms with E-state index >= 15 is 0 Å². The van der Waals surface area contributed by atoms with Crippen LogP contribution < -0.4 is 9.67 Å². The number of carboxylic acid groups (broad SMARTS) is 1. The molecule has 4 nitrogen and oxygen atoms in total. The number of hydrogen-bond acceptors (Lipinski definition) is 2. The second-order valence-electron chi connectivity index (χ2n) is 1.72. The van der Waals surface area contributed by atoms with Gasteiger partial charge in [0, 0.05) is 0 Å². The summed E-state index contributed by atoms with van der Waals surface area (Å²) in [7, 11) is 0. The molecule has 0 aliphatic carbocycles. The lowest BCUT2D eigenvalue weighted by Crippen LogP contribution is -2.30. The normalized spacial score (nSPS) is 9.20. The van der Waals surface area contributed by atoms with Crippen molar-refractivity contribution in [1.82, 2.24) is 4.57 Å². The molecule has 0 aromatic carbocycles. The van der Waals surface area contributed by atoms with E-state index in [1.165, 1.54) is 23.3 Å². The Hall–Kier alpha value is -1.58. The molecule has 1 rings (SSSR count). The van der Waals surface area contributed by atoms with Crippen LogP contribution in [0, 0.1) is 0 Å². The number of rotatable bonds is 1. The van der Waals surface area contributed by atoms with E-state index in [-0.39, 0.29) is 0 Å². The summed E-state index contributed by atoms with van der Waals surface area (Å²) in [4.78, 5) is 10.1. The van der Waals surface area contributed by atoms with Crippen LogP contribution in [0.3, 0.4) is 0 Å². The van der Waals surface area contributed by atoms with Crippen LogP contribution in [-0.4, -0.2) is 10.7 Å². The highest BCUT2D eigenvalue weighted by molar-refractivity contribution is 5.64. The van der Waals surface area contributed by atoms with Gasteiger partial charge in [-0.1, -0.05) is 6.58 Å². The summed E-state index contributed by atoms with van der Waals surface area (Å²) in [6.45, 7) is 3.44. The molecule has 0 aliphatic rings. The number of carbonyl (C=O) groups excluding carboxylic acids is 1. The molecule has 0 unspecified atom stereocenters. The average Bonchev–Trinajstić information content (AvgIpc) is 2.34. The highest BCUT2D eigenvalue weighted by atomic mass is 16.4. The molecule has 0 atom stereocenters. The summed E-state index contributed by atoms with van der Waals surface area (Å²) in [6.07, 6.45) is 4.52. The third kappa shape index (κ3) is 1.05. The van der Waals surface area contributed by atoms with Crippen LogP contribution in [0.5, 0.6) is 0 Å². The summed E-state index contributed by atoms with van der Waals surface area (Å²) in [5, 5.41) is 10.1. The van der Waals surface area contributed by atoms with Crippen molar-refractivity contribution in [3.8, 4) is 0 Å². The first-order valence-corrected chi connectivity index (χ1v) is 2.66.